The first-order valence-electron chi connectivity index (χ1n) is 6.04. The highest BCUT2D eigenvalue weighted by Gasteiger charge is 2.30. The third-order valence-corrected chi connectivity index (χ3v) is 2.94. The van der Waals surface area contributed by atoms with Crippen LogP contribution in [-0.2, 0) is 6.18 Å². The summed E-state index contributed by atoms with van der Waals surface area (Å²) in [4.78, 5) is 3.91. The van der Waals surface area contributed by atoms with E-state index in [-0.39, 0.29) is 0 Å². The number of alkyl halides is 3. The Morgan fingerprint density at radius 1 is 1.00 bits per heavy atom. The van der Waals surface area contributed by atoms with Crippen molar-refractivity contribution < 1.29 is 13.2 Å². The molecule has 0 N–H and O–H groups in total. The second kappa shape index (κ2) is 5.01. The van der Waals surface area contributed by atoms with Crippen LogP contribution in [0.3, 0.4) is 0 Å². The average molecular weight is 290 g/mol. The van der Waals surface area contributed by atoms with Crippen LogP contribution in [0.1, 0.15) is 5.56 Å². The molecule has 0 unspecified atom stereocenters. The van der Waals surface area contributed by atoms with Gasteiger partial charge in [-0.1, -0.05) is 11.3 Å². The zero-order valence-corrected chi connectivity index (χ0v) is 10.6. The third-order valence-electron chi connectivity index (χ3n) is 2.94. The molecule has 3 rings (SSSR count). The minimum Gasteiger partial charge on any atom is -0.265 e. The van der Waals surface area contributed by atoms with E-state index in [9.17, 15) is 13.2 Å². The van der Waals surface area contributed by atoms with E-state index in [0.29, 0.717) is 11.4 Å². The minimum atomic E-state index is -4.40. The van der Waals surface area contributed by atoms with Crippen molar-refractivity contribution in [3.05, 3.63) is 60.6 Å². The average Bonchev–Trinajstić information content (AvgIpc) is 2.97. The predicted molar refractivity (Wildman–Crippen MR) is 69.6 cm³/mol. The number of aromatic nitrogens is 4. The molecule has 0 saturated heterocycles. The van der Waals surface area contributed by atoms with Crippen LogP contribution in [0.25, 0.3) is 16.9 Å². The van der Waals surface area contributed by atoms with Gasteiger partial charge in [-0.2, -0.15) is 13.2 Å². The number of rotatable bonds is 2. The highest BCUT2D eigenvalue weighted by atomic mass is 19.4. The summed E-state index contributed by atoms with van der Waals surface area (Å²) in [6.07, 6.45) is 0.292. The summed E-state index contributed by atoms with van der Waals surface area (Å²) in [5, 5.41) is 7.64. The van der Waals surface area contributed by atoms with Crippen molar-refractivity contribution in [3.8, 4) is 16.9 Å². The number of pyridine rings is 1. The molecule has 0 bridgehead atoms. The smallest absolute Gasteiger partial charge is 0.265 e. The summed E-state index contributed by atoms with van der Waals surface area (Å²) in [7, 11) is 0. The largest absolute Gasteiger partial charge is 0.416 e. The van der Waals surface area contributed by atoms with E-state index in [2.05, 4.69) is 15.3 Å². The van der Waals surface area contributed by atoms with Gasteiger partial charge in [-0.15, -0.1) is 5.10 Å². The van der Waals surface area contributed by atoms with Crippen LogP contribution in [0.15, 0.2) is 55.0 Å². The summed E-state index contributed by atoms with van der Waals surface area (Å²) in [5.74, 6) is 0. The van der Waals surface area contributed by atoms with Crippen LogP contribution in [0.2, 0.25) is 0 Å². The Balaban J connectivity index is 2.09. The molecule has 21 heavy (non-hydrogen) atoms. The van der Waals surface area contributed by atoms with E-state index in [1.165, 1.54) is 16.9 Å². The standard InChI is InChI=1S/C14H9F3N4/c15-14(16,17)11-2-1-3-12(8-11)21-13(9-19-20-21)10-4-6-18-7-5-10/h1-9H. The van der Waals surface area contributed by atoms with Crippen molar-refractivity contribution in [1.82, 2.24) is 20.0 Å². The number of nitrogens with zero attached hydrogens (tertiary/aromatic N) is 4. The van der Waals surface area contributed by atoms with Crippen molar-refractivity contribution in [1.29, 1.82) is 0 Å². The first-order chi connectivity index (χ1) is 10.1. The number of hydrogen-bond donors (Lipinski definition) is 0. The van der Waals surface area contributed by atoms with Gasteiger partial charge in [0, 0.05) is 18.0 Å². The van der Waals surface area contributed by atoms with Gasteiger partial charge >= 0.3 is 6.18 Å². The number of hydrogen-bond acceptors (Lipinski definition) is 3. The van der Waals surface area contributed by atoms with Crippen molar-refractivity contribution in [2.75, 3.05) is 0 Å². The zero-order chi connectivity index (χ0) is 14.9. The SMILES string of the molecule is FC(F)(F)c1cccc(-n2nncc2-c2ccncc2)c1. The lowest BCUT2D eigenvalue weighted by molar-refractivity contribution is -0.137. The Labute approximate surface area is 117 Å². The Morgan fingerprint density at radius 2 is 1.76 bits per heavy atom. The highest BCUT2D eigenvalue weighted by Crippen LogP contribution is 2.31. The van der Waals surface area contributed by atoms with E-state index in [1.54, 1.807) is 30.6 Å². The molecule has 0 aliphatic carbocycles. The number of halogens is 3. The van der Waals surface area contributed by atoms with Gasteiger partial charge in [0.15, 0.2) is 0 Å². The molecule has 1 aromatic carbocycles. The fraction of sp³-hybridized carbons (Fsp3) is 0.0714. The Morgan fingerprint density at radius 3 is 2.48 bits per heavy atom. The van der Waals surface area contributed by atoms with Crippen molar-refractivity contribution in [2.24, 2.45) is 0 Å². The molecule has 3 aromatic rings. The second-order valence-electron chi connectivity index (χ2n) is 4.32. The Kier molecular flexibility index (Phi) is 3.17. The third kappa shape index (κ3) is 2.62. The monoisotopic (exact) mass is 290 g/mol. The topological polar surface area (TPSA) is 43.6 Å². The van der Waals surface area contributed by atoms with Gasteiger partial charge in [-0.3, -0.25) is 4.98 Å². The van der Waals surface area contributed by atoms with Crippen molar-refractivity contribution in [3.63, 3.8) is 0 Å². The molecule has 0 atom stereocenters. The van der Waals surface area contributed by atoms with Crippen LogP contribution < -0.4 is 0 Å². The Bertz CT molecular complexity index is 750. The maximum atomic E-state index is 12.8. The highest BCUT2D eigenvalue weighted by molar-refractivity contribution is 5.60. The maximum Gasteiger partial charge on any atom is 0.416 e. The minimum absolute atomic E-state index is 0.300. The molecule has 4 nitrogen and oxygen atoms in total. The summed E-state index contributed by atoms with van der Waals surface area (Å²) in [5.41, 5.74) is 0.939. The maximum absolute atomic E-state index is 12.8. The molecule has 0 spiro atoms. The molecule has 0 aliphatic rings. The van der Waals surface area contributed by atoms with Gasteiger partial charge in [0.25, 0.3) is 0 Å². The molecule has 0 fully saturated rings. The molecular weight excluding hydrogens is 281 g/mol. The lowest BCUT2D eigenvalue weighted by Gasteiger charge is -2.10. The molecule has 7 heteroatoms. The Hall–Kier alpha value is -2.70. The first-order valence-corrected chi connectivity index (χ1v) is 6.04. The van der Waals surface area contributed by atoms with Crippen LogP contribution in [-0.4, -0.2) is 20.0 Å². The zero-order valence-electron chi connectivity index (χ0n) is 10.6. The van der Waals surface area contributed by atoms with E-state index >= 15 is 0 Å². The fourth-order valence-corrected chi connectivity index (χ4v) is 1.96. The predicted octanol–water partition coefficient (Wildman–Crippen LogP) is 3.35. The summed E-state index contributed by atoms with van der Waals surface area (Å²) < 4.78 is 39.7. The van der Waals surface area contributed by atoms with E-state index < -0.39 is 11.7 Å². The quantitative estimate of drug-likeness (QED) is 0.727. The van der Waals surface area contributed by atoms with Crippen molar-refractivity contribution in [2.45, 2.75) is 6.18 Å². The van der Waals surface area contributed by atoms with Crippen LogP contribution in [0, 0.1) is 0 Å². The summed E-state index contributed by atoms with van der Waals surface area (Å²) in [6, 6.07) is 8.43. The normalized spacial score (nSPS) is 11.6. The van der Waals surface area contributed by atoms with Crippen LogP contribution in [0.5, 0.6) is 0 Å². The van der Waals surface area contributed by atoms with Gasteiger partial charge < -0.3 is 0 Å². The summed E-state index contributed by atoms with van der Waals surface area (Å²) in [6.45, 7) is 0. The van der Waals surface area contributed by atoms with Gasteiger partial charge in [-0.05, 0) is 30.3 Å². The van der Waals surface area contributed by atoms with Crippen molar-refractivity contribution >= 4 is 0 Å². The van der Waals surface area contributed by atoms with Gasteiger partial charge in [0.05, 0.1) is 23.1 Å². The molecule has 2 aromatic heterocycles. The van der Waals surface area contributed by atoms with Gasteiger partial charge in [0.2, 0.25) is 0 Å². The lowest BCUT2D eigenvalue weighted by Crippen LogP contribution is -2.07. The lowest BCUT2D eigenvalue weighted by atomic mass is 10.1. The molecule has 0 aliphatic heterocycles. The summed E-state index contributed by atoms with van der Waals surface area (Å²) >= 11 is 0. The van der Waals surface area contributed by atoms with Gasteiger partial charge in [-0.25, -0.2) is 4.68 Å². The molecular formula is C14H9F3N4. The molecule has 0 saturated carbocycles. The number of benzene rings is 1. The molecule has 0 amide bonds. The second-order valence-corrected chi connectivity index (χ2v) is 4.32. The van der Waals surface area contributed by atoms with E-state index in [0.717, 1.165) is 17.7 Å². The van der Waals surface area contributed by atoms with Crippen LogP contribution >= 0.6 is 0 Å². The van der Waals surface area contributed by atoms with Crippen LogP contribution in [0.4, 0.5) is 13.2 Å². The van der Waals surface area contributed by atoms with Gasteiger partial charge in [0.1, 0.15) is 0 Å². The molecule has 0 radical (unpaired) electrons. The van der Waals surface area contributed by atoms with E-state index in [1.807, 2.05) is 0 Å². The first kappa shape index (κ1) is 13.3. The van der Waals surface area contributed by atoms with E-state index in [4.69, 9.17) is 0 Å². The fourth-order valence-electron chi connectivity index (χ4n) is 1.96. The molecule has 2 heterocycles. The molecule has 106 valence electrons.